The predicted octanol–water partition coefficient (Wildman–Crippen LogP) is 1.45. The van der Waals surface area contributed by atoms with Gasteiger partial charge >= 0.3 is 0 Å². The van der Waals surface area contributed by atoms with E-state index in [-0.39, 0.29) is 13.2 Å². The van der Waals surface area contributed by atoms with Gasteiger partial charge in [0, 0.05) is 0 Å². The summed E-state index contributed by atoms with van der Waals surface area (Å²) in [4.78, 5) is 0. The van der Waals surface area contributed by atoms with E-state index in [9.17, 15) is 0 Å². The average Bonchev–Trinajstić information content (AvgIpc) is 2.20. The summed E-state index contributed by atoms with van der Waals surface area (Å²) in [5.74, 6) is 0. The Bertz CT molecular complexity index is 95.2. The monoisotopic (exact) mass is 236 g/mol. The summed E-state index contributed by atoms with van der Waals surface area (Å²) in [6.45, 7) is 12.2. The molecule has 0 bridgehead atoms. The van der Waals surface area contributed by atoms with Crippen molar-refractivity contribution in [2.45, 2.75) is 39.9 Å². The highest BCUT2D eigenvalue weighted by Gasteiger charge is 1.89. The third-order valence-electron chi connectivity index (χ3n) is 0.647. The molecule has 0 spiro atoms. The minimum atomic E-state index is -1.10. The number of hydrogen-bond acceptors (Lipinski definition) is 4. The van der Waals surface area contributed by atoms with Gasteiger partial charge in [0.2, 0.25) is 0 Å². The van der Waals surface area contributed by atoms with E-state index in [1.165, 1.54) is 0 Å². The molecule has 4 nitrogen and oxygen atoms in total. The second kappa shape index (κ2) is 36.7. The molecule has 4 N–H and O–H groups in total. The second-order valence-corrected chi connectivity index (χ2v) is 2.53. The highest BCUT2D eigenvalue weighted by molar-refractivity contribution is 4.51. The van der Waals surface area contributed by atoms with Crippen molar-refractivity contribution >= 4 is 0 Å². The quantitative estimate of drug-likeness (QED) is 0.442. The molecule has 0 aromatic rings. The van der Waals surface area contributed by atoms with Crippen molar-refractivity contribution in [1.29, 1.82) is 0 Å². The minimum Gasteiger partial charge on any atom is -0.394 e. The van der Waals surface area contributed by atoms with E-state index in [0.717, 1.165) is 6.42 Å². The van der Waals surface area contributed by atoms with Crippen LogP contribution in [0.25, 0.3) is 0 Å². The predicted molar refractivity (Wildman–Crippen MR) is 69.0 cm³/mol. The van der Waals surface area contributed by atoms with Gasteiger partial charge in [-0.2, -0.15) is 0 Å². The Labute approximate surface area is 99.6 Å². The molecule has 0 saturated carbocycles. The first kappa shape index (κ1) is 24.5. The number of hydrogen-bond donors (Lipinski definition) is 4. The van der Waals surface area contributed by atoms with Crippen molar-refractivity contribution in [2.24, 2.45) is 0 Å². The maximum atomic E-state index is 8.11. The molecular weight excluding hydrogens is 208 g/mol. The van der Waals surface area contributed by atoms with Gasteiger partial charge in [-0.25, -0.2) is 0 Å². The van der Waals surface area contributed by atoms with E-state index in [1.807, 2.05) is 20.8 Å². The number of aliphatic hydroxyl groups excluding tert-OH is 3. The largest absolute Gasteiger partial charge is 0.394 e. The van der Waals surface area contributed by atoms with Gasteiger partial charge in [-0.1, -0.05) is 25.5 Å². The van der Waals surface area contributed by atoms with Crippen LogP contribution in [-0.4, -0.2) is 39.9 Å². The molecular formula is C12H28O4. The molecule has 0 aromatic carbocycles. The van der Waals surface area contributed by atoms with Gasteiger partial charge in [0.05, 0.1) is 13.2 Å². The molecule has 0 heterocycles. The van der Waals surface area contributed by atoms with Crippen LogP contribution >= 0.6 is 0 Å². The van der Waals surface area contributed by atoms with E-state index in [1.54, 1.807) is 12.2 Å². The molecule has 0 atom stereocenters. The molecule has 0 aliphatic rings. The molecule has 4 heteroatoms. The fourth-order valence-electron chi connectivity index (χ4n) is 0.258. The maximum absolute atomic E-state index is 8.11. The summed E-state index contributed by atoms with van der Waals surface area (Å²) < 4.78 is 0. The standard InChI is InChI=1S/C4H10O2.2C3H6.C2H6O2/c1-2-3-4(5)6;2*1-3-2;3-1-2-4/h4-6H,2-3H2,1H3;2*3H,1H2,2H3;3-4H,1-2H2. The van der Waals surface area contributed by atoms with Gasteiger partial charge in [-0.15, -0.1) is 13.2 Å². The van der Waals surface area contributed by atoms with Crippen molar-refractivity contribution in [3.63, 3.8) is 0 Å². The van der Waals surface area contributed by atoms with Crippen molar-refractivity contribution < 1.29 is 20.4 Å². The van der Waals surface area contributed by atoms with Crippen LogP contribution in [0.15, 0.2) is 25.3 Å². The summed E-state index contributed by atoms with van der Waals surface area (Å²) in [5, 5.41) is 31.5. The van der Waals surface area contributed by atoms with Crippen LogP contribution < -0.4 is 0 Å². The van der Waals surface area contributed by atoms with Crippen LogP contribution in [0, 0.1) is 0 Å². The second-order valence-electron chi connectivity index (χ2n) is 2.53. The lowest BCUT2D eigenvalue weighted by molar-refractivity contribution is -0.0453. The Morgan fingerprint density at radius 2 is 1.25 bits per heavy atom. The van der Waals surface area contributed by atoms with Gasteiger partial charge in [-0.05, 0) is 20.3 Å². The zero-order valence-electron chi connectivity index (χ0n) is 10.8. The molecule has 0 aromatic heterocycles. The zero-order chi connectivity index (χ0) is 13.8. The summed E-state index contributed by atoms with van der Waals surface area (Å²) in [6.07, 6.45) is 3.72. The smallest absolute Gasteiger partial charge is 0.151 e. The molecule has 16 heavy (non-hydrogen) atoms. The van der Waals surface area contributed by atoms with E-state index >= 15 is 0 Å². The molecule has 0 unspecified atom stereocenters. The lowest BCUT2D eigenvalue weighted by Crippen LogP contribution is -2.01. The summed E-state index contributed by atoms with van der Waals surface area (Å²) in [7, 11) is 0. The average molecular weight is 236 g/mol. The Balaban J connectivity index is -0.0000000635. The summed E-state index contributed by atoms with van der Waals surface area (Å²) in [6, 6.07) is 0. The molecule has 0 rings (SSSR count). The van der Waals surface area contributed by atoms with Gasteiger partial charge in [0.15, 0.2) is 6.29 Å². The van der Waals surface area contributed by atoms with Crippen LogP contribution in [0.5, 0.6) is 0 Å². The van der Waals surface area contributed by atoms with Gasteiger partial charge in [0.1, 0.15) is 0 Å². The van der Waals surface area contributed by atoms with Crippen LogP contribution in [0.3, 0.4) is 0 Å². The first-order valence-electron chi connectivity index (χ1n) is 5.24. The lowest BCUT2D eigenvalue weighted by Gasteiger charge is -1.94. The molecule has 100 valence electrons. The van der Waals surface area contributed by atoms with Crippen molar-refractivity contribution in [1.82, 2.24) is 0 Å². The summed E-state index contributed by atoms with van der Waals surface area (Å²) >= 11 is 0. The first-order valence-corrected chi connectivity index (χ1v) is 5.24. The van der Waals surface area contributed by atoms with E-state index in [0.29, 0.717) is 6.42 Å². The lowest BCUT2D eigenvalue weighted by atomic mass is 10.3. The van der Waals surface area contributed by atoms with Gasteiger partial charge < -0.3 is 20.4 Å². The van der Waals surface area contributed by atoms with Crippen LogP contribution in [0.4, 0.5) is 0 Å². The Kier molecular flexibility index (Phi) is 56.2. The Morgan fingerprint density at radius 1 is 1.00 bits per heavy atom. The highest BCUT2D eigenvalue weighted by Crippen LogP contribution is 1.88. The molecule has 0 fully saturated rings. The first-order chi connectivity index (χ1) is 7.51. The van der Waals surface area contributed by atoms with Crippen molar-refractivity contribution in [2.75, 3.05) is 13.2 Å². The SMILES string of the molecule is C=CC.C=CC.CCCC(O)O.OCCO. The normalized spacial score (nSPS) is 7.25. The number of allylic oxidation sites excluding steroid dienone is 2. The van der Waals surface area contributed by atoms with E-state index in [4.69, 9.17) is 20.4 Å². The van der Waals surface area contributed by atoms with Crippen LogP contribution in [0.2, 0.25) is 0 Å². The van der Waals surface area contributed by atoms with E-state index < -0.39 is 6.29 Å². The van der Waals surface area contributed by atoms with Crippen LogP contribution in [-0.2, 0) is 0 Å². The van der Waals surface area contributed by atoms with Crippen molar-refractivity contribution in [3.8, 4) is 0 Å². The molecule has 0 aliphatic heterocycles. The number of aliphatic hydroxyl groups is 4. The van der Waals surface area contributed by atoms with Crippen LogP contribution in [0.1, 0.15) is 33.6 Å². The molecule has 0 radical (unpaired) electrons. The Hall–Kier alpha value is -0.680. The maximum Gasteiger partial charge on any atom is 0.151 e. The number of rotatable bonds is 3. The van der Waals surface area contributed by atoms with Crippen molar-refractivity contribution in [3.05, 3.63) is 25.3 Å². The minimum absolute atomic E-state index is 0.125. The third-order valence-corrected chi connectivity index (χ3v) is 0.647. The fourth-order valence-corrected chi connectivity index (χ4v) is 0.258. The highest BCUT2D eigenvalue weighted by atomic mass is 16.5. The molecule has 0 aliphatic carbocycles. The topological polar surface area (TPSA) is 80.9 Å². The van der Waals surface area contributed by atoms with Gasteiger partial charge in [-0.3, -0.25) is 0 Å². The fraction of sp³-hybridized carbons (Fsp3) is 0.667. The molecule has 0 saturated heterocycles. The molecule has 0 amide bonds. The Morgan fingerprint density at radius 3 is 1.25 bits per heavy atom. The van der Waals surface area contributed by atoms with E-state index in [2.05, 4.69) is 13.2 Å². The zero-order valence-corrected chi connectivity index (χ0v) is 10.8. The summed E-state index contributed by atoms with van der Waals surface area (Å²) in [5.41, 5.74) is 0. The van der Waals surface area contributed by atoms with Gasteiger partial charge in [0.25, 0.3) is 0 Å². The third kappa shape index (κ3) is 183.